The van der Waals surface area contributed by atoms with Crippen molar-refractivity contribution in [2.24, 2.45) is 0 Å². The second-order valence-electron chi connectivity index (χ2n) is 7.58. The van der Waals surface area contributed by atoms with Gasteiger partial charge in [-0.1, -0.05) is 54.6 Å². The Morgan fingerprint density at radius 3 is 2.16 bits per heavy atom. The van der Waals surface area contributed by atoms with Crippen LogP contribution in [0.5, 0.6) is 0 Å². The fourth-order valence-electron chi connectivity index (χ4n) is 3.37. The van der Waals surface area contributed by atoms with Gasteiger partial charge in [-0.2, -0.15) is 0 Å². The van der Waals surface area contributed by atoms with Crippen LogP contribution in [0.2, 0.25) is 0 Å². The quantitative estimate of drug-likeness (QED) is 0.452. The molecule has 0 fully saturated rings. The van der Waals surface area contributed by atoms with Crippen molar-refractivity contribution >= 4 is 21.6 Å². The molecule has 0 saturated heterocycles. The second-order valence-corrected chi connectivity index (χ2v) is 9.45. The lowest BCUT2D eigenvalue weighted by Crippen LogP contribution is -2.33. The molecule has 0 aromatic heterocycles. The number of anilines is 1. The van der Waals surface area contributed by atoms with Crippen LogP contribution in [0, 0.1) is 0 Å². The predicted octanol–water partition coefficient (Wildman–Crippen LogP) is 4.82. The first-order chi connectivity index (χ1) is 15.4. The third kappa shape index (κ3) is 5.86. The zero-order valence-electron chi connectivity index (χ0n) is 18.1. The van der Waals surface area contributed by atoms with Crippen LogP contribution in [0.4, 0.5) is 5.69 Å². The Balaban J connectivity index is 1.68. The Kier molecular flexibility index (Phi) is 7.84. The van der Waals surface area contributed by atoms with Gasteiger partial charge in [0.15, 0.2) is 0 Å². The number of amides is 1. The first-order valence-electron chi connectivity index (χ1n) is 10.6. The molecule has 0 radical (unpaired) electrons. The van der Waals surface area contributed by atoms with Crippen molar-refractivity contribution in [3.05, 3.63) is 109 Å². The van der Waals surface area contributed by atoms with E-state index in [4.69, 9.17) is 0 Å². The number of carbonyl (C=O) groups excluding carboxylic acids is 1. The van der Waals surface area contributed by atoms with E-state index in [-0.39, 0.29) is 23.4 Å². The SMILES string of the molecule is C=CCN(c1ccc(C(=O)N[C@H](C)CCc2ccccc2)cc1)S(=O)(=O)c1ccccc1. The third-order valence-corrected chi connectivity index (χ3v) is 6.94. The molecular formula is C26H28N2O3S. The molecule has 0 spiro atoms. The topological polar surface area (TPSA) is 66.5 Å². The highest BCUT2D eigenvalue weighted by molar-refractivity contribution is 7.92. The van der Waals surface area contributed by atoms with Crippen LogP contribution in [-0.4, -0.2) is 26.9 Å². The van der Waals surface area contributed by atoms with E-state index < -0.39 is 10.0 Å². The summed E-state index contributed by atoms with van der Waals surface area (Å²) in [7, 11) is -3.74. The van der Waals surface area contributed by atoms with Crippen molar-refractivity contribution < 1.29 is 13.2 Å². The van der Waals surface area contributed by atoms with Crippen LogP contribution in [0.1, 0.15) is 29.3 Å². The van der Waals surface area contributed by atoms with Crippen LogP contribution < -0.4 is 9.62 Å². The fourth-order valence-corrected chi connectivity index (χ4v) is 4.82. The highest BCUT2D eigenvalue weighted by atomic mass is 32.2. The number of aryl methyl sites for hydroxylation is 1. The van der Waals surface area contributed by atoms with Gasteiger partial charge in [-0.15, -0.1) is 6.58 Å². The highest BCUT2D eigenvalue weighted by Crippen LogP contribution is 2.24. The molecule has 0 saturated carbocycles. The summed E-state index contributed by atoms with van der Waals surface area (Å²) >= 11 is 0. The minimum absolute atomic E-state index is 0.0121. The van der Waals surface area contributed by atoms with E-state index in [1.165, 1.54) is 15.9 Å². The van der Waals surface area contributed by atoms with Crippen molar-refractivity contribution in [1.82, 2.24) is 5.32 Å². The van der Waals surface area contributed by atoms with Gasteiger partial charge in [0.25, 0.3) is 15.9 Å². The van der Waals surface area contributed by atoms with Crippen molar-refractivity contribution in [3.63, 3.8) is 0 Å². The standard InChI is InChI=1S/C26H28N2O3S/c1-3-20-28(32(30,31)25-12-8-5-9-13-25)24-18-16-23(17-19-24)26(29)27-21(2)14-15-22-10-6-4-7-11-22/h3-13,16-19,21H,1,14-15,20H2,2H3,(H,27,29)/t21-/m1/s1. The number of rotatable bonds is 10. The first-order valence-corrected chi connectivity index (χ1v) is 12.0. The van der Waals surface area contributed by atoms with Crippen molar-refractivity contribution in [1.29, 1.82) is 0 Å². The van der Waals surface area contributed by atoms with Crippen molar-refractivity contribution in [2.75, 3.05) is 10.8 Å². The fraction of sp³-hybridized carbons (Fsp3) is 0.192. The summed E-state index contributed by atoms with van der Waals surface area (Å²) in [5, 5.41) is 3.01. The molecule has 166 valence electrons. The number of hydrogen-bond acceptors (Lipinski definition) is 3. The zero-order chi connectivity index (χ0) is 23.0. The molecule has 3 rings (SSSR count). The lowest BCUT2D eigenvalue weighted by Gasteiger charge is -2.23. The lowest BCUT2D eigenvalue weighted by atomic mass is 10.1. The monoisotopic (exact) mass is 448 g/mol. The summed E-state index contributed by atoms with van der Waals surface area (Å²) < 4.78 is 27.4. The Morgan fingerprint density at radius 2 is 1.56 bits per heavy atom. The molecule has 1 amide bonds. The van der Waals surface area contributed by atoms with Crippen LogP contribution in [0.15, 0.2) is 102 Å². The summed E-state index contributed by atoms with van der Waals surface area (Å²) in [4.78, 5) is 12.8. The average molecular weight is 449 g/mol. The van der Waals surface area contributed by atoms with Crippen LogP contribution >= 0.6 is 0 Å². The first kappa shape index (κ1) is 23.3. The van der Waals surface area contributed by atoms with Crippen LogP contribution in [0.25, 0.3) is 0 Å². The molecule has 0 aliphatic rings. The predicted molar refractivity (Wildman–Crippen MR) is 129 cm³/mol. The van der Waals surface area contributed by atoms with Gasteiger partial charge in [0.05, 0.1) is 17.1 Å². The van der Waals surface area contributed by atoms with E-state index in [9.17, 15) is 13.2 Å². The maximum atomic E-state index is 13.1. The smallest absolute Gasteiger partial charge is 0.264 e. The molecule has 0 aliphatic carbocycles. The second kappa shape index (κ2) is 10.8. The molecule has 1 N–H and O–H groups in total. The third-order valence-electron chi connectivity index (χ3n) is 5.13. The Morgan fingerprint density at radius 1 is 0.969 bits per heavy atom. The number of nitrogens with zero attached hydrogens (tertiary/aromatic N) is 1. The normalized spacial score (nSPS) is 12.0. The molecular weight excluding hydrogens is 420 g/mol. The summed E-state index contributed by atoms with van der Waals surface area (Å²) in [6, 6.07) is 25.0. The lowest BCUT2D eigenvalue weighted by molar-refractivity contribution is 0.0938. The van der Waals surface area contributed by atoms with E-state index in [0.29, 0.717) is 11.3 Å². The van der Waals surface area contributed by atoms with Crippen molar-refractivity contribution in [2.45, 2.75) is 30.7 Å². The summed E-state index contributed by atoms with van der Waals surface area (Å²) in [6.45, 7) is 5.78. The van der Waals surface area contributed by atoms with Gasteiger partial charge in [-0.05, 0) is 61.7 Å². The van der Waals surface area contributed by atoms with Gasteiger partial charge in [0.2, 0.25) is 0 Å². The minimum atomic E-state index is -3.74. The molecule has 6 heteroatoms. The molecule has 3 aromatic rings. The molecule has 0 bridgehead atoms. The summed E-state index contributed by atoms with van der Waals surface area (Å²) in [5.41, 5.74) is 2.19. The van der Waals surface area contributed by atoms with Gasteiger partial charge in [-0.25, -0.2) is 8.42 Å². The van der Waals surface area contributed by atoms with Gasteiger partial charge in [0.1, 0.15) is 0 Å². The number of nitrogens with one attached hydrogen (secondary N) is 1. The minimum Gasteiger partial charge on any atom is -0.350 e. The largest absolute Gasteiger partial charge is 0.350 e. The zero-order valence-corrected chi connectivity index (χ0v) is 19.0. The maximum Gasteiger partial charge on any atom is 0.264 e. The van der Waals surface area contributed by atoms with Crippen LogP contribution in [0.3, 0.4) is 0 Å². The Hall–Kier alpha value is -3.38. The molecule has 1 atom stereocenters. The number of carbonyl (C=O) groups is 1. The highest BCUT2D eigenvalue weighted by Gasteiger charge is 2.24. The van der Waals surface area contributed by atoms with Gasteiger partial charge in [0, 0.05) is 11.6 Å². The van der Waals surface area contributed by atoms with Gasteiger partial charge in [-0.3, -0.25) is 9.10 Å². The maximum absolute atomic E-state index is 13.1. The average Bonchev–Trinajstić information content (AvgIpc) is 2.82. The van der Waals surface area contributed by atoms with Crippen LogP contribution in [-0.2, 0) is 16.4 Å². The van der Waals surface area contributed by atoms with E-state index >= 15 is 0 Å². The van der Waals surface area contributed by atoms with E-state index in [1.54, 1.807) is 54.6 Å². The summed E-state index contributed by atoms with van der Waals surface area (Å²) in [6.07, 6.45) is 3.25. The van der Waals surface area contributed by atoms with Gasteiger partial charge >= 0.3 is 0 Å². The molecule has 0 heterocycles. The van der Waals surface area contributed by atoms with E-state index in [2.05, 4.69) is 24.0 Å². The van der Waals surface area contributed by atoms with Crippen molar-refractivity contribution in [3.8, 4) is 0 Å². The number of hydrogen-bond donors (Lipinski definition) is 1. The molecule has 3 aromatic carbocycles. The number of sulfonamides is 1. The number of benzene rings is 3. The molecule has 0 aliphatic heterocycles. The summed E-state index contributed by atoms with van der Waals surface area (Å²) in [5.74, 6) is -0.182. The Bertz CT molecular complexity index is 1130. The van der Waals surface area contributed by atoms with E-state index in [1.807, 2.05) is 25.1 Å². The Labute approximate surface area is 190 Å². The van der Waals surface area contributed by atoms with E-state index in [0.717, 1.165) is 12.8 Å². The molecule has 5 nitrogen and oxygen atoms in total. The molecule has 0 unspecified atom stereocenters. The van der Waals surface area contributed by atoms with Gasteiger partial charge < -0.3 is 5.32 Å². The molecule has 32 heavy (non-hydrogen) atoms.